The van der Waals surface area contributed by atoms with Crippen molar-refractivity contribution in [3.05, 3.63) is 52.0 Å². The van der Waals surface area contributed by atoms with E-state index in [0.717, 1.165) is 37.6 Å². The molecule has 6 heteroatoms. The topological polar surface area (TPSA) is 62.5 Å². The molecule has 0 saturated carbocycles. The Morgan fingerprint density at radius 1 is 1.40 bits per heavy atom. The van der Waals surface area contributed by atoms with E-state index in [4.69, 9.17) is 5.73 Å². The maximum atomic E-state index is 12.7. The molecule has 1 saturated heterocycles. The van der Waals surface area contributed by atoms with Crippen LogP contribution in [-0.2, 0) is 13.1 Å². The number of hydrogen-bond acceptors (Lipinski definition) is 5. The second-order valence-corrected chi connectivity index (χ2v) is 7.49. The van der Waals surface area contributed by atoms with Crippen molar-refractivity contribution < 1.29 is 4.79 Å². The van der Waals surface area contributed by atoms with Gasteiger partial charge in [0.2, 0.25) is 0 Å². The van der Waals surface area contributed by atoms with E-state index in [1.54, 1.807) is 0 Å². The summed E-state index contributed by atoms with van der Waals surface area (Å²) in [4.78, 5) is 21.4. The minimum absolute atomic E-state index is 0.0277. The van der Waals surface area contributed by atoms with Crippen LogP contribution in [-0.4, -0.2) is 46.9 Å². The van der Waals surface area contributed by atoms with E-state index in [1.165, 1.54) is 16.9 Å². The second kappa shape index (κ2) is 8.56. The second-order valence-electron chi connectivity index (χ2n) is 6.55. The van der Waals surface area contributed by atoms with Crippen LogP contribution < -0.4 is 5.73 Å². The first-order valence-corrected chi connectivity index (χ1v) is 9.77. The molecule has 0 aliphatic carbocycles. The van der Waals surface area contributed by atoms with Crippen molar-refractivity contribution in [2.45, 2.75) is 26.4 Å². The van der Waals surface area contributed by atoms with E-state index >= 15 is 0 Å². The van der Waals surface area contributed by atoms with Gasteiger partial charge in [0.15, 0.2) is 0 Å². The summed E-state index contributed by atoms with van der Waals surface area (Å²) in [6.45, 7) is 7.07. The van der Waals surface area contributed by atoms with Gasteiger partial charge in [-0.1, -0.05) is 30.3 Å². The number of rotatable bonds is 7. The molecule has 0 radical (unpaired) electrons. The molecule has 1 aromatic heterocycles. The van der Waals surface area contributed by atoms with Gasteiger partial charge in [-0.2, -0.15) is 0 Å². The summed E-state index contributed by atoms with van der Waals surface area (Å²) in [6, 6.07) is 10.6. The number of benzene rings is 1. The summed E-state index contributed by atoms with van der Waals surface area (Å²) in [6.07, 6.45) is 1.14. The van der Waals surface area contributed by atoms with Crippen molar-refractivity contribution in [2.24, 2.45) is 11.7 Å². The molecule has 1 aromatic carbocycles. The highest BCUT2D eigenvalue weighted by atomic mass is 32.1. The largest absolute Gasteiger partial charge is 0.337 e. The van der Waals surface area contributed by atoms with Crippen LogP contribution in [0, 0.1) is 5.92 Å². The summed E-state index contributed by atoms with van der Waals surface area (Å²) < 4.78 is 0. The van der Waals surface area contributed by atoms with Gasteiger partial charge in [-0.3, -0.25) is 9.69 Å². The Morgan fingerprint density at radius 2 is 2.20 bits per heavy atom. The predicted molar refractivity (Wildman–Crippen MR) is 101 cm³/mol. The van der Waals surface area contributed by atoms with E-state index in [1.807, 2.05) is 17.2 Å². The van der Waals surface area contributed by atoms with Gasteiger partial charge < -0.3 is 10.6 Å². The van der Waals surface area contributed by atoms with Gasteiger partial charge in [0, 0.05) is 38.1 Å². The van der Waals surface area contributed by atoms with Crippen LogP contribution in [0.3, 0.4) is 0 Å². The lowest BCUT2D eigenvalue weighted by molar-refractivity contribution is 0.0733. The Hall–Kier alpha value is -1.76. The number of nitrogens with two attached hydrogens (primary N) is 1. The molecule has 25 heavy (non-hydrogen) atoms. The smallest absolute Gasteiger partial charge is 0.273 e. The van der Waals surface area contributed by atoms with Crippen molar-refractivity contribution in [3.8, 4) is 0 Å². The number of likely N-dealkylation sites (tertiary alicyclic amines) is 1. The lowest BCUT2D eigenvalue weighted by atomic mass is 10.1. The molecule has 5 nitrogen and oxygen atoms in total. The minimum Gasteiger partial charge on any atom is -0.337 e. The Kier molecular flexibility index (Phi) is 6.18. The fourth-order valence-corrected chi connectivity index (χ4v) is 4.03. The Morgan fingerprint density at radius 3 is 2.88 bits per heavy atom. The van der Waals surface area contributed by atoms with E-state index < -0.39 is 0 Å². The number of hydrogen-bond donors (Lipinski definition) is 1. The van der Waals surface area contributed by atoms with Gasteiger partial charge in [0.1, 0.15) is 10.7 Å². The van der Waals surface area contributed by atoms with Crippen molar-refractivity contribution in [1.82, 2.24) is 14.8 Å². The van der Waals surface area contributed by atoms with E-state index in [-0.39, 0.29) is 5.91 Å². The normalized spacial score (nSPS) is 17.8. The highest BCUT2D eigenvalue weighted by molar-refractivity contribution is 7.09. The molecular formula is C19H26N4OS. The standard InChI is InChI=1S/C19H26N4OS/c1-2-23(19(24)17-14-25-18(10-20)21-17)13-16-8-9-22(12-16)11-15-6-4-3-5-7-15/h3-7,14,16H,2,8-13,20H2,1H3. The van der Waals surface area contributed by atoms with Gasteiger partial charge in [-0.15, -0.1) is 11.3 Å². The quantitative estimate of drug-likeness (QED) is 0.826. The maximum Gasteiger partial charge on any atom is 0.273 e. The molecule has 1 amide bonds. The number of carbonyl (C=O) groups is 1. The van der Waals surface area contributed by atoms with E-state index in [2.05, 4.69) is 40.2 Å². The van der Waals surface area contributed by atoms with Crippen LogP contribution >= 0.6 is 11.3 Å². The molecule has 1 unspecified atom stereocenters. The van der Waals surface area contributed by atoms with Crippen molar-refractivity contribution in [2.75, 3.05) is 26.2 Å². The molecule has 0 bridgehead atoms. The molecule has 1 fully saturated rings. The molecule has 2 aromatic rings. The number of aromatic nitrogens is 1. The average molecular weight is 359 g/mol. The Balaban J connectivity index is 1.54. The Labute approximate surface area is 153 Å². The molecule has 1 atom stereocenters. The van der Waals surface area contributed by atoms with Crippen molar-refractivity contribution in [1.29, 1.82) is 0 Å². The summed E-state index contributed by atoms with van der Waals surface area (Å²) in [5, 5.41) is 2.64. The molecule has 134 valence electrons. The van der Waals surface area contributed by atoms with Gasteiger partial charge in [-0.05, 0) is 31.4 Å². The van der Waals surface area contributed by atoms with Crippen molar-refractivity contribution >= 4 is 17.2 Å². The van der Waals surface area contributed by atoms with Crippen molar-refractivity contribution in [3.63, 3.8) is 0 Å². The predicted octanol–water partition coefficient (Wildman–Crippen LogP) is 2.59. The summed E-state index contributed by atoms with van der Waals surface area (Å²) >= 11 is 1.46. The number of thiazole rings is 1. The van der Waals surface area contributed by atoms with Crippen LogP contribution in [0.5, 0.6) is 0 Å². The van der Waals surface area contributed by atoms with Crippen LogP contribution in [0.4, 0.5) is 0 Å². The molecule has 2 N–H and O–H groups in total. The third-order valence-electron chi connectivity index (χ3n) is 4.71. The van der Waals surface area contributed by atoms with Gasteiger partial charge in [0.05, 0.1) is 0 Å². The molecule has 2 heterocycles. The Bertz CT molecular complexity index is 688. The maximum absolute atomic E-state index is 12.7. The van der Waals surface area contributed by atoms with Gasteiger partial charge in [0.25, 0.3) is 5.91 Å². The SMILES string of the molecule is CCN(CC1CCN(Cc2ccccc2)C1)C(=O)c1csc(CN)n1. The fraction of sp³-hybridized carbons (Fsp3) is 0.474. The first kappa shape index (κ1) is 18.0. The number of amides is 1. The highest BCUT2D eigenvalue weighted by Crippen LogP contribution is 2.21. The molecule has 1 aliphatic heterocycles. The van der Waals surface area contributed by atoms with Gasteiger partial charge >= 0.3 is 0 Å². The molecular weight excluding hydrogens is 332 g/mol. The number of nitrogens with zero attached hydrogens (tertiary/aromatic N) is 3. The summed E-state index contributed by atoms with van der Waals surface area (Å²) in [5.41, 5.74) is 7.48. The zero-order valence-corrected chi connectivity index (χ0v) is 15.5. The molecule has 0 spiro atoms. The monoisotopic (exact) mass is 358 g/mol. The average Bonchev–Trinajstić information content (AvgIpc) is 3.29. The minimum atomic E-state index is 0.0277. The van der Waals surface area contributed by atoms with Crippen LogP contribution in [0.1, 0.15) is 34.4 Å². The zero-order chi connectivity index (χ0) is 17.6. The first-order chi connectivity index (χ1) is 12.2. The van der Waals surface area contributed by atoms with E-state index in [0.29, 0.717) is 24.7 Å². The molecule has 1 aliphatic rings. The van der Waals surface area contributed by atoms with Crippen LogP contribution in [0.15, 0.2) is 35.7 Å². The zero-order valence-electron chi connectivity index (χ0n) is 14.7. The summed E-state index contributed by atoms with van der Waals surface area (Å²) in [7, 11) is 0. The summed E-state index contributed by atoms with van der Waals surface area (Å²) in [5.74, 6) is 0.556. The highest BCUT2D eigenvalue weighted by Gasteiger charge is 2.27. The molecule has 3 rings (SSSR count). The third-order valence-corrected chi connectivity index (χ3v) is 5.58. The van der Waals surface area contributed by atoms with Crippen LogP contribution in [0.25, 0.3) is 0 Å². The fourth-order valence-electron chi connectivity index (χ4n) is 3.38. The lowest BCUT2D eigenvalue weighted by Crippen LogP contribution is -2.36. The number of carbonyl (C=O) groups excluding carboxylic acids is 1. The van der Waals surface area contributed by atoms with E-state index in [9.17, 15) is 4.79 Å². The first-order valence-electron chi connectivity index (χ1n) is 8.89. The lowest BCUT2D eigenvalue weighted by Gasteiger charge is -2.24. The van der Waals surface area contributed by atoms with Gasteiger partial charge in [-0.25, -0.2) is 4.98 Å². The third kappa shape index (κ3) is 4.66. The van der Waals surface area contributed by atoms with Crippen LogP contribution in [0.2, 0.25) is 0 Å².